The molecule has 0 aliphatic carbocycles. The van der Waals surface area contributed by atoms with Gasteiger partial charge < -0.3 is 9.47 Å². The maximum atomic E-state index is 11.9. The zero-order chi connectivity index (χ0) is 10.6. The molecule has 0 atom stereocenters. The number of thiol groups is 1. The van der Waals surface area contributed by atoms with Crippen molar-refractivity contribution >= 4 is 22.5 Å². The van der Waals surface area contributed by atoms with E-state index in [1.807, 2.05) is 0 Å². The summed E-state index contributed by atoms with van der Waals surface area (Å²) in [6, 6.07) is 4.62. The zero-order valence-corrected chi connectivity index (χ0v) is 8.95. The summed E-state index contributed by atoms with van der Waals surface area (Å²) in [7, 11) is 2.59. The van der Waals surface area contributed by atoms with Crippen molar-refractivity contribution in [1.29, 1.82) is 0 Å². The van der Waals surface area contributed by atoms with Crippen molar-refractivity contribution in [1.82, 2.24) is 0 Å². The average Bonchev–Trinajstić information content (AvgIpc) is 2.17. The minimum atomic E-state index is -2.85. The van der Waals surface area contributed by atoms with E-state index in [4.69, 9.17) is 4.74 Å². The summed E-state index contributed by atoms with van der Waals surface area (Å²) < 4.78 is 33.0. The Balaban J connectivity index is 2.93. The number of benzene rings is 1. The molecule has 0 saturated carbocycles. The maximum Gasteiger partial charge on any atom is 0.387 e. The highest BCUT2D eigenvalue weighted by Crippen LogP contribution is 2.33. The van der Waals surface area contributed by atoms with Crippen LogP contribution in [-0.2, 0) is 0 Å². The van der Waals surface area contributed by atoms with Gasteiger partial charge in [-0.2, -0.15) is 8.78 Å². The van der Waals surface area contributed by atoms with E-state index in [1.165, 1.54) is 24.0 Å². The van der Waals surface area contributed by atoms with E-state index in [-0.39, 0.29) is 11.5 Å². The van der Waals surface area contributed by atoms with Gasteiger partial charge in [0.05, 0.1) is 7.11 Å². The standard InChI is InChI=1S/C8H8F2O2S2/c1-11-7-4-5(14-13)2-3-6(7)12-8(9)10/h2-4,8,13H,1H3. The van der Waals surface area contributed by atoms with E-state index < -0.39 is 6.61 Å². The van der Waals surface area contributed by atoms with Crippen LogP contribution in [-0.4, -0.2) is 13.7 Å². The molecule has 0 aliphatic heterocycles. The van der Waals surface area contributed by atoms with Crippen molar-refractivity contribution in [3.05, 3.63) is 18.2 Å². The van der Waals surface area contributed by atoms with E-state index in [1.54, 1.807) is 12.1 Å². The molecule has 1 aromatic rings. The van der Waals surface area contributed by atoms with E-state index >= 15 is 0 Å². The molecule has 6 heteroatoms. The Kier molecular flexibility index (Phi) is 4.34. The predicted molar refractivity (Wildman–Crippen MR) is 54.5 cm³/mol. The summed E-state index contributed by atoms with van der Waals surface area (Å²) in [5.74, 6) is 0.290. The lowest BCUT2D eigenvalue weighted by Crippen LogP contribution is -2.03. The Morgan fingerprint density at radius 2 is 2.07 bits per heavy atom. The normalized spacial score (nSPS) is 10.4. The number of alkyl halides is 2. The number of halogens is 2. The third kappa shape index (κ3) is 2.95. The first-order valence-electron chi connectivity index (χ1n) is 3.61. The van der Waals surface area contributed by atoms with Crippen LogP contribution in [0.3, 0.4) is 0 Å². The highest BCUT2D eigenvalue weighted by atomic mass is 33.1. The first-order valence-corrected chi connectivity index (χ1v) is 5.48. The first kappa shape index (κ1) is 11.5. The molecule has 0 fully saturated rings. The summed E-state index contributed by atoms with van der Waals surface area (Å²) in [6.45, 7) is -2.85. The molecule has 0 N–H and O–H groups in total. The lowest BCUT2D eigenvalue weighted by atomic mass is 10.3. The highest BCUT2D eigenvalue weighted by molar-refractivity contribution is 8.68. The predicted octanol–water partition coefficient (Wildman–Crippen LogP) is 3.23. The van der Waals surface area contributed by atoms with E-state index in [2.05, 4.69) is 16.4 Å². The van der Waals surface area contributed by atoms with Crippen LogP contribution in [0, 0.1) is 0 Å². The second-order valence-electron chi connectivity index (χ2n) is 2.28. The fourth-order valence-electron chi connectivity index (χ4n) is 0.898. The van der Waals surface area contributed by atoms with Crippen LogP contribution in [0.4, 0.5) is 8.78 Å². The molecule has 0 spiro atoms. The number of methoxy groups -OCH3 is 1. The minimum Gasteiger partial charge on any atom is -0.493 e. The van der Waals surface area contributed by atoms with Gasteiger partial charge in [-0.3, -0.25) is 0 Å². The molecule has 1 aromatic carbocycles. The molecule has 14 heavy (non-hydrogen) atoms. The molecular weight excluding hydrogens is 230 g/mol. The van der Waals surface area contributed by atoms with Crippen LogP contribution in [0.1, 0.15) is 0 Å². The molecule has 0 amide bonds. The quantitative estimate of drug-likeness (QED) is 0.641. The van der Waals surface area contributed by atoms with Crippen molar-refractivity contribution < 1.29 is 18.3 Å². The van der Waals surface area contributed by atoms with E-state index in [9.17, 15) is 8.78 Å². The Morgan fingerprint density at radius 3 is 2.57 bits per heavy atom. The van der Waals surface area contributed by atoms with Crippen LogP contribution in [0.25, 0.3) is 0 Å². The van der Waals surface area contributed by atoms with Gasteiger partial charge in [-0.1, -0.05) is 10.8 Å². The van der Waals surface area contributed by atoms with Crippen LogP contribution >= 0.6 is 22.5 Å². The fraction of sp³-hybridized carbons (Fsp3) is 0.250. The van der Waals surface area contributed by atoms with Crippen molar-refractivity contribution in [2.75, 3.05) is 7.11 Å². The summed E-state index contributed by atoms with van der Waals surface area (Å²) >= 11 is 3.97. The van der Waals surface area contributed by atoms with Gasteiger partial charge in [-0.15, -0.1) is 11.7 Å². The van der Waals surface area contributed by atoms with Crippen LogP contribution < -0.4 is 9.47 Å². The van der Waals surface area contributed by atoms with Crippen molar-refractivity contribution in [2.45, 2.75) is 11.5 Å². The summed E-state index contributed by atoms with van der Waals surface area (Å²) in [4.78, 5) is 0.798. The molecule has 0 unspecified atom stereocenters. The topological polar surface area (TPSA) is 18.5 Å². The Labute approximate surface area is 89.4 Å². The number of hydrogen-bond acceptors (Lipinski definition) is 4. The van der Waals surface area contributed by atoms with Crippen LogP contribution in [0.2, 0.25) is 0 Å². The van der Waals surface area contributed by atoms with Crippen molar-refractivity contribution in [3.63, 3.8) is 0 Å². The SMILES string of the molecule is COc1cc(SS)ccc1OC(F)F. The maximum absolute atomic E-state index is 11.9. The Bertz CT molecular complexity index is 307. The van der Waals surface area contributed by atoms with Gasteiger partial charge in [0.15, 0.2) is 11.5 Å². The fourth-order valence-corrected chi connectivity index (χ4v) is 1.53. The molecular formula is C8H8F2O2S2. The smallest absolute Gasteiger partial charge is 0.387 e. The molecule has 0 heterocycles. The molecule has 78 valence electrons. The molecule has 2 nitrogen and oxygen atoms in total. The monoisotopic (exact) mass is 238 g/mol. The lowest BCUT2D eigenvalue weighted by Gasteiger charge is -2.10. The van der Waals surface area contributed by atoms with Crippen LogP contribution in [0.15, 0.2) is 23.1 Å². The van der Waals surface area contributed by atoms with Gasteiger partial charge in [-0.25, -0.2) is 0 Å². The van der Waals surface area contributed by atoms with Gasteiger partial charge in [0.2, 0.25) is 0 Å². The third-order valence-electron chi connectivity index (χ3n) is 1.46. The molecule has 0 aromatic heterocycles. The first-order chi connectivity index (χ1) is 6.67. The third-order valence-corrected chi connectivity index (χ3v) is 2.55. The Morgan fingerprint density at radius 1 is 1.36 bits per heavy atom. The minimum absolute atomic E-state index is 0.0219. The van der Waals surface area contributed by atoms with Gasteiger partial charge in [0, 0.05) is 4.90 Å². The number of rotatable bonds is 4. The average molecular weight is 238 g/mol. The second kappa shape index (κ2) is 5.31. The number of hydrogen-bond donors (Lipinski definition) is 1. The van der Waals surface area contributed by atoms with Gasteiger partial charge in [-0.05, 0) is 18.2 Å². The molecule has 0 aliphatic rings. The van der Waals surface area contributed by atoms with Crippen LogP contribution in [0.5, 0.6) is 11.5 Å². The summed E-state index contributed by atoms with van der Waals surface area (Å²) in [5, 5.41) is 0. The second-order valence-corrected chi connectivity index (χ2v) is 3.48. The molecule has 0 bridgehead atoms. The highest BCUT2D eigenvalue weighted by Gasteiger charge is 2.10. The summed E-state index contributed by atoms with van der Waals surface area (Å²) in [5.41, 5.74) is 0. The van der Waals surface area contributed by atoms with Crippen molar-refractivity contribution in [2.24, 2.45) is 0 Å². The molecule has 1 rings (SSSR count). The molecule has 0 radical (unpaired) electrons. The lowest BCUT2D eigenvalue weighted by molar-refractivity contribution is -0.0512. The van der Waals surface area contributed by atoms with Gasteiger partial charge in [0.25, 0.3) is 0 Å². The largest absolute Gasteiger partial charge is 0.493 e. The zero-order valence-electron chi connectivity index (χ0n) is 7.24. The van der Waals surface area contributed by atoms with E-state index in [0.29, 0.717) is 0 Å². The van der Waals surface area contributed by atoms with Crippen molar-refractivity contribution in [3.8, 4) is 11.5 Å². The molecule has 0 saturated heterocycles. The van der Waals surface area contributed by atoms with E-state index in [0.717, 1.165) is 4.90 Å². The summed E-state index contributed by atoms with van der Waals surface area (Å²) in [6.07, 6.45) is 0. The van der Waals surface area contributed by atoms with Gasteiger partial charge >= 0.3 is 6.61 Å². The van der Waals surface area contributed by atoms with Gasteiger partial charge in [0.1, 0.15) is 0 Å². The Hall–Kier alpha value is -0.620. The number of ether oxygens (including phenoxy) is 2.